The van der Waals surface area contributed by atoms with E-state index < -0.39 is 26.5 Å². The number of hydrogen-bond donors (Lipinski definition) is 2. The van der Waals surface area contributed by atoms with E-state index in [1.807, 2.05) is 0 Å². The van der Waals surface area contributed by atoms with Crippen molar-refractivity contribution in [3.8, 4) is 0 Å². The van der Waals surface area contributed by atoms with E-state index in [-0.39, 0.29) is 38.6 Å². The van der Waals surface area contributed by atoms with Crippen LogP contribution in [0.4, 0.5) is 0 Å². The molecule has 93 heavy (non-hydrogen) atoms. The standard InChI is InChI=1S/C83H144NO8P/c1-3-5-7-9-11-13-15-17-19-21-23-25-27-29-31-33-35-37-38-39-40-41-42-44-45-47-49-51-53-55-57-59-61-63-65-67-69-71-73-75-82(85)89-79-81(80-91-93(87,88)90-78-77-84)92-83(86)76-74-72-70-68-66-64-62-60-58-56-54-52-50-48-46-43-36-34-32-30-28-26-24-22-20-18-16-14-12-10-8-6-4-2/h6,8,12,14-15,17-18,20-21,23-24,26-27,29-30,32,36,43,48,50,54,56,81H,3-5,7,9-11,13,16,19,22,25,28,31,33-35,37-42,44-47,49,51-53,55,57-80,84H2,1-2H3,(H,87,88)/b8-6-,14-12-,17-15-,20-18-,23-21-,26-24-,29-27-,32-30-,43-36-,50-48-,56-54-. The van der Waals surface area contributed by atoms with E-state index in [4.69, 9.17) is 24.3 Å². The number of ether oxygens (including phenoxy) is 2. The summed E-state index contributed by atoms with van der Waals surface area (Å²) >= 11 is 0. The SMILES string of the molecule is CC/C=C\C/C=C\C/C=C\C/C=C\C/C=C\C/C=C\C/C=C\C/C=C\CCCCCCCCCCC(=O)OC(COC(=O)CCCCCCCCCCCCCCCCCCCCCCCCCC/C=C\C/C=C\C/C=C\CCCCCCC)COP(=O)(O)OCCN. The molecule has 0 saturated carbocycles. The maximum Gasteiger partial charge on any atom is 0.472 e. The number of allylic oxidation sites excluding steroid dienone is 22. The lowest BCUT2D eigenvalue weighted by molar-refractivity contribution is -0.161. The third-order valence-corrected chi connectivity index (χ3v) is 17.5. The molecule has 0 heterocycles. The van der Waals surface area contributed by atoms with Crippen LogP contribution in [-0.4, -0.2) is 49.3 Å². The average molecular weight is 1320 g/mol. The van der Waals surface area contributed by atoms with Crippen LogP contribution in [0.15, 0.2) is 134 Å². The minimum atomic E-state index is -4.41. The molecule has 534 valence electrons. The number of rotatable bonds is 72. The number of phosphoric acid groups is 1. The zero-order valence-electron chi connectivity index (χ0n) is 60.2. The third kappa shape index (κ3) is 77.0. The summed E-state index contributed by atoms with van der Waals surface area (Å²) in [6.45, 7) is 3.64. The van der Waals surface area contributed by atoms with Gasteiger partial charge in [-0.3, -0.25) is 18.6 Å². The lowest BCUT2D eigenvalue weighted by Crippen LogP contribution is -2.29. The van der Waals surface area contributed by atoms with Crippen molar-refractivity contribution in [2.75, 3.05) is 26.4 Å². The van der Waals surface area contributed by atoms with Gasteiger partial charge in [0, 0.05) is 19.4 Å². The molecule has 2 atom stereocenters. The number of hydrogen-bond acceptors (Lipinski definition) is 8. The largest absolute Gasteiger partial charge is 0.472 e. The Bertz CT molecular complexity index is 1990. The van der Waals surface area contributed by atoms with Crippen molar-refractivity contribution in [2.24, 2.45) is 5.73 Å². The van der Waals surface area contributed by atoms with Gasteiger partial charge in [-0.2, -0.15) is 0 Å². The normalized spacial score (nSPS) is 13.6. The molecule has 0 radical (unpaired) electrons. The van der Waals surface area contributed by atoms with Crippen molar-refractivity contribution < 1.29 is 37.6 Å². The van der Waals surface area contributed by atoms with Gasteiger partial charge >= 0.3 is 19.8 Å². The summed E-state index contributed by atoms with van der Waals surface area (Å²) in [5.41, 5.74) is 5.41. The van der Waals surface area contributed by atoms with Gasteiger partial charge in [0.2, 0.25) is 0 Å². The van der Waals surface area contributed by atoms with E-state index in [0.29, 0.717) is 6.42 Å². The molecule has 0 aromatic rings. The smallest absolute Gasteiger partial charge is 0.462 e. The molecule has 2 unspecified atom stereocenters. The third-order valence-electron chi connectivity index (χ3n) is 16.5. The fourth-order valence-corrected chi connectivity index (χ4v) is 11.6. The zero-order valence-corrected chi connectivity index (χ0v) is 61.1. The number of esters is 2. The molecule has 0 aromatic heterocycles. The molecule has 10 heteroatoms. The minimum absolute atomic E-state index is 0.0474. The van der Waals surface area contributed by atoms with Gasteiger partial charge in [0.25, 0.3) is 0 Å². The molecule has 0 aliphatic carbocycles. The topological polar surface area (TPSA) is 134 Å². The maximum atomic E-state index is 12.8. The number of phosphoric ester groups is 1. The Morgan fingerprint density at radius 1 is 0.333 bits per heavy atom. The Morgan fingerprint density at radius 2 is 0.591 bits per heavy atom. The fraction of sp³-hybridized carbons (Fsp3) is 0.711. The molecule has 0 bridgehead atoms. The van der Waals surface area contributed by atoms with E-state index in [0.717, 1.165) is 109 Å². The van der Waals surface area contributed by atoms with Crippen LogP contribution in [0.1, 0.15) is 348 Å². The molecule has 0 fully saturated rings. The highest BCUT2D eigenvalue weighted by Crippen LogP contribution is 2.43. The molecule has 0 spiro atoms. The van der Waals surface area contributed by atoms with Crippen molar-refractivity contribution in [3.05, 3.63) is 134 Å². The first-order valence-corrected chi connectivity index (χ1v) is 40.2. The molecule has 9 nitrogen and oxygen atoms in total. The molecule has 0 amide bonds. The minimum Gasteiger partial charge on any atom is -0.462 e. The van der Waals surface area contributed by atoms with Crippen molar-refractivity contribution in [1.29, 1.82) is 0 Å². The number of nitrogens with two attached hydrogens (primary N) is 1. The second-order valence-electron chi connectivity index (χ2n) is 25.5. The summed E-state index contributed by atoms with van der Waals surface area (Å²) in [5.74, 6) is -0.831. The maximum absolute atomic E-state index is 12.8. The molecule has 0 saturated heterocycles. The van der Waals surface area contributed by atoms with Gasteiger partial charge in [0.15, 0.2) is 6.10 Å². The Labute approximate surface area is 574 Å². The van der Waals surface area contributed by atoms with Gasteiger partial charge in [0.1, 0.15) is 6.61 Å². The lowest BCUT2D eigenvalue weighted by atomic mass is 10.0. The van der Waals surface area contributed by atoms with Crippen LogP contribution in [0.25, 0.3) is 0 Å². The van der Waals surface area contributed by atoms with Gasteiger partial charge in [-0.15, -0.1) is 0 Å². The predicted octanol–water partition coefficient (Wildman–Crippen LogP) is 26.0. The van der Waals surface area contributed by atoms with Crippen LogP contribution in [0.2, 0.25) is 0 Å². The monoisotopic (exact) mass is 1310 g/mol. The predicted molar refractivity (Wildman–Crippen MR) is 404 cm³/mol. The van der Waals surface area contributed by atoms with Crippen LogP contribution < -0.4 is 5.73 Å². The number of carbonyl (C=O) groups excluding carboxylic acids is 2. The van der Waals surface area contributed by atoms with Gasteiger partial charge in [-0.1, -0.05) is 353 Å². The molecule has 0 aliphatic heterocycles. The summed E-state index contributed by atoms with van der Waals surface area (Å²) in [6.07, 6.45) is 110. The zero-order chi connectivity index (χ0) is 67.2. The fourth-order valence-electron chi connectivity index (χ4n) is 10.8. The van der Waals surface area contributed by atoms with Crippen molar-refractivity contribution in [2.45, 2.75) is 354 Å². The first kappa shape index (κ1) is 89.2. The summed E-state index contributed by atoms with van der Waals surface area (Å²) < 4.78 is 33.2. The summed E-state index contributed by atoms with van der Waals surface area (Å²) in [5, 5.41) is 0. The lowest BCUT2D eigenvalue weighted by Gasteiger charge is -2.19. The average Bonchev–Trinajstić information content (AvgIpc) is 3.32. The summed E-state index contributed by atoms with van der Waals surface area (Å²) in [7, 11) is -4.41. The van der Waals surface area contributed by atoms with Crippen LogP contribution in [0.3, 0.4) is 0 Å². The first-order valence-electron chi connectivity index (χ1n) is 38.7. The number of unbranched alkanes of at least 4 members (excludes halogenated alkanes) is 37. The van der Waals surface area contributed by atoms with Crippen LogP contribution in [-0.2, 0) is 32.7 Å². The quantitative estimate of drug-likeness (QED) is 0.0264. The summed E-state index contributed by atoms with van der Waals surface area (Å²) in [6, 6.07) is 0. The molecule has 3 N–H and O–H groups in total. The highest BCUT2D eigenvalue weighted by atomic mass is 31.2. The Hall–Kier alpha value is -3.85. The van der Waals surface area contributed by atoms with Gasteiger partial charge in [-0.25, -0.2) is 4.57 Å². The Morgan fingerprint density at radius 3 is 0.882 bits per heavy atom. The highest BCUT2D eigenvalue weighted by molar-refractivity contribution is 7.47. The van der Waals surface area contributed by atoms with E-state index in [1.165, 1.54) is 205 Å². The highest BCUT2D eigenvalue weighted by Gasteiger charge is 2.26. The molecular weight excluding hydrogens is 1170 g/mol. The Kier molecular flexibility index (Phi) is 74.0. The molecule has 0 aromatic carbocycles. The Balaban J connectivity index is 3.86. The number of carbonyl (C=O) groups is 2. The molecular formula is C83H144NO8P. The van der Waals surface area contributed by atoms with Gasteiger partial charge in [0.05, 0.1) is 13.2 Å². The van der Waals surface area contributed by atoms with E-state index >= 15 is 0 Å². The van der Waals surface area contributed by atoms with Crippen LogP contribution in [0, 0.1) is 0 Å². The second kappa shape index (κ2) is 77.2. The van der Waals surface area contributed by atoms with Crippen LogP contribution in [0.5, 0.6) is 0 Å². The van der Waals surface area contributed by atoms with E-state index in [9.17, 15) is 19.0 Å². The summed E-state index contributed by atoms with van der Waals surface area (Å²) in [4.78, 5) is 35.4. The van der Waals surface area contributed by atoms with E-state index in [2.05, 4.69) is 148 Å². The first-order chi connectivity index (χ1) is 45.8. The molecule has 0 rings (SSSR count). The van der Waals surface area contributed by atoms with E-state index in [1.54, 1.807) is 0 Å². The van der Waals surface area contributed by atoms with Crippen molar-refractivity contribution in [1.82, 2.24) is 0 Å². The van der Waals surface area contributed by atoms with Crippen LogP contribution >= 0.6 is 7.82 Å². The second-order valence-corrected chi connectivity index (χ2v) is 26.9. The van der Waals surface area contributed by atoms with Gasteiger partial charge in [-0.05, 0) is 116 Å². The molecule has 0 aliphatic rings. The van der Waals surface area contributed by atoms with Gasteiger partial charge < -0.3 is 20.1 Å². The van der Waals surface area contributed by atoms with Crippen molar-refractivity contribution in [3.63, 3.8) is 0 Å². The van der Waals surface area contributed by atoms with Crippen molar-refractivity contribution >= 4 is 19.8 Å².